The number of amides is 2. The molecule has 41 heavy (non-hydrogen) atoms. The summed E-state index contributed by atoms with van der Waals surface area (Å²) in [5.41, 5.74) is -0.512. The van der Waals surface area contributed by atoms with Crippen LogP contribution in [0.4, 0.5) is 29.1 Å². The number of carbonyl (C=O) groups is 2. The van der Waals surface area contributed by atoms with E-state index in [4.69, 9.17) is 11.6 Å². The number of nitrogens with one attached hydrogen (secondary N) is 1. The summed E-state index contributed by atoms with van der Waals surface area (Å²) in [6, 6.07) is 8.13. The standard InChI is InChI=1S/C29H26ClF4N5O2/c30-17-10-20(24(25(33)34)36-12-17)27(40)37-19-6-3-16(4-7-19)13-39-23-11-18(31)5-8-21(23)29(28(39)41)14-38(15-29)26-22(32)2-1-9-35-26/h1-2,5,8-12,16,19,25H,3-4,6-7,13-15H2,(H,37,40)/t16-,19-. The molecule has 2 fully saturated rings. The molecule has 0 bridgehead atoms. The van der Waals surface area contributed by atoms with E-state index in [0.717, 1.165) is 11.8 Å². The van der Waals surface area contributed by atoms with Crippen molar-refractivity contribution in [2.24, 2.45) is 5.92 Å². The number of pyridine rings is 2. The van der Waals surface area contributed by atoms with E-state index in [9.17, 15) is 27.2 Å². The monoisotopic (exact) mass is 587 g/mol. The fourth-order valence-electron chi connectivity index (χ4n) is 6.28. The van der Waals surface area contributed by atoms with Crippen LogP contribution in [0.1, 0.15) is 53.7 Å². The SMILES string of the molecule is O=C(N[C@H]1CC[C@H](CN2C(=O)C3(CN(c4ncccc4F)C3)c3ccc(F)cc32)CC1)c1cc(Cl)cnc1C(F)F. The molecule has 2 aliphatic heterocycles. The molecular formula is C29H26ClF4N5O2. The summed E-state index contributed by atoms with van der Waals surface area (Å²) in [6.45, 7) is 0.864. The van der Waals surface area contributed by atoms with Gasteiger partial charge in [-0.05, 0) is 67.5 Å². The van der Waals surface area contributed by atoms with Gasteiger partial charge in [0.15, 0.2) is 11.6 Å². The van der Waals surface area contributed by atoms with Gasteiger partial charge in [0.05, 0.1) is 16.3 Å². The third-order valence-electron chi connectivity index (χ3n) is 8.34. The van der Waals surface area contributed by atoms with E-state index < -0.39 is 35.1 Å². The van der Waals surface area contributed by atoms with Gasteiger partial charge in [0.1, 0.15) is 16.9 Å². The maximum Gasteiger partial charge on any atom is 0.281 e. The first-order chi connectivity index (χ1) is 19.7. The molecule has 0 unspecified atom stereocenters. The van der Waals surface area contributed by atoms with Gasteiger partial charge >= 0.3 is 0 Å². The van der Waals surface area contributed by atoms with Crippen molar-refractivity contribution < 1.29 is 27.2 Å². The number of rotatable bonds is 6. The molecule has 6 rings (SSSR count). The summed E-state index contributed by atoms with van der Waals surface area (Å²) in [5.74, 6) is -1.44. The molecule has 12 heteroatoms. The number of hydrogen-bond donors (Lipinski definition) is 1. The van der Waals surface area contributed by atoms with Gasteiger partial charge in [-0.25, -0.2) is 22.5 Å². The van der Waals surface area contributed by atoms with E-state index in [2.05, 4.69) is 15.3 Å². The number of nitrogens with zero attached hydrogens (tertiary/aromatic N) is 4. The van der Waals surface area contributed by atoms with Gasteiger partial charge in [0, 0.05) is 38.1 Å². The first kappa shape index (κ1) is 27.4. The molecule has 2 amide bonds. The molecule has 0 atom stereocenters. The minimum Gasteiger partial charge on any atom is -0.351 e. The van der Waals surface area contributed by atoms with Crippen molar-refractivity contribution >= 4 is 34.9 Å². The van der Waals surface area contributed by atoms with Crippen LogP contribution >= 0.6 is 11.6 Å². The maximum atomic E-state index is 14.3. The number of benzene rings is 1. The Bertz CT molecular complexity index is 1510. The number of fused-ring (bicyclic) bond motifs is 2. The third kappa shape index (κ3) is 4.90. The molecule has 1 N–H and O–H groups in total. The molecular weight excluding hydrogens is 562 g/mol. The lowest BCUT2D eigenvalue weighted by Gasteiger charge is -2.47. The van der Waals surface area contributed by atoms with Crippen molar-refractivity contribution in [1.82, 2.24) is 15.3 Å². The molecule has 1 aromatic carbocycles. The minimum absolute atomic E-state index is 0.0900. The molecule has 1 saturated carbocycles. The molecule has 4 heterocycles. The second-order valence-electron chi connectivity index (χ2n) is 10.9. The summed E-state index contributed by atoms with van der Waals surface area (Å²) in [4.78, 5) is 37.7. The largest absolute Gasteiger partial charge is 0.351 e. The van der Waals surface area contributed by atoms with Gasteiger partial charge in [0.2, 0.25) is 5.91 Å². The van der Waals surface area contributed by atoms with Crippen molar-refractivity contribution in [2.75, 3.05) is 29.4 Å². The average Bonchev–Trinajstić information content (AvgIpc) is 3.16. The number of anilines is 2. The first-order valence-electron chi connectivity index (χ1n) is 13.4. The van der Waals surface area contributed by atoms with E-state index in [1.807, 2.05) is 0 Å². The number of hydrogen-bond acceptors (Lipinski definition) is 5. The third-order valence-corrected chi connectivity index (χ3v) is 8.55. The molecule has 3 aliphatic rings. The fourth-order valence-corrected chi connectivity index (χ4v) is 6.44. The molecule has 3 aromatic rings. The van der Waals surface area contributed by atoms with Gasteiger partial charge in [-0.2, -0.15) is 0 Å². The molecule has 0 radical (unpaired) electrons. The van der Waals surface area contributed by atoms with Crippen LogP contribution in [-0.4, -0.2) is 47.5 Å². The predicted molar refractivity (Wildman–Crippen MR) is 144 cm³/mol. The Hall–Kier alpha value is -3.73. The molecule has 1 spiro atoms. The highest BCUT2D eigenvalue weighted by molar-refractivity contribution is 6.30. The minimum atomic E-state index is -2.91. The quantitative estimate of drug-likeness (QED) is 0.389. The molecule has 1 saturated heterocycles. The Morgan fingerprint density at radius 2 is 1.85 bits per heavy atom. The van der Waals surface area contributed by atoms with E-state index in [1.54, 1.807) is 15.9 Å². The highest BCUT2D eigenvalue weighted by Crippen LogP contribution is 2.49. The van der Waals surface area contributed by atoms with Crippen LogP contribution in [0, 0.1) is 17.6 Å². The second kappa shape index (κ2) is 10.6. The van der Waals surface area contributed by atoms with E-state index in [-0.39, 0.29) is 47.4 Å². The van der Waals surface area contributed by atoms with Gasteiger partial charge < -0.3 is 15.1 Å². The van der Waals surface area contributed by atoms with Crippen molar-refractivity contribution in [3.63, 3.8) is 0 Å². The normalized spacial score (nSPS) is 21.3. The van der Waals surface area contributed by atoms with Crippen molar-refractivity contribution in [1.29, 1.82) is 0 Å². The van der Waals surface area contributed by atoms with Crippen LogP contribution in [0.15, 0.2) is 48.8 Å². The summed E-state index contributed by atoms with van der Waals surface area (Å²) < 4.78 is 55.4. The zero-order valence-electron chi connectivity index (χ0n) is 21.8. The van der Waals surface area contributed by atoms with E-state index in [0.29, 0.717) is 37.9 Å². The summed E-state index contributed by atoms with van der Waals surface area (Å²) in [5, 5.41) is 2.91. The molecule has 7 nitrogen and oxygen atoms in total. The summed E-state index contributed by atoms with van der Waals surface area (Å²) in [7, 11) is 0. The lowest BCUT2D eigenvalue weighted by Crippen LogP contribution is -2.64. The average molecular weight is 588 g/mol. The van der Waals surface area contributed by atoms with Gasteiger partial charge in [-0.15, -0.1) is 0 Å². The highest BCUT2D eigenvalue weighted by Gasteiger charge is 2.59. The smallest absolute Gasteiger partial charge is 0.281 e. The number of halogens is 5. The highest BCUT2D eigenvalue weighted by atomic mass is 35.5. The Labute approximate surface area is 238 Å². The van der Waals surface area contributed by atoms with Crippen LogP contribution in [0.25, 0.3) is 0 Å². The Morgan fingerprint density at radius 3 is 2.56 bits per heavy atom. The first-order valence-corrected chi connectivity index (χ1v) is 13.8. The summed E-state index contributed by atoms with van der Waals surface area (Å²) >= 11 is 5.88. The fraction of sp³-hybridized carbons (Fsp3) is 0.379. The Kier molecular flexibility index (Phi) is 7.09. The Balaban J connectivity index is 1.12. The number of aromatic nitrogens is 2. The maximum absolute atomic E-state index is 14.3. The van der Waals surface area contributed by atoms with Crippen LogP contribution in [0.5, 0.6) is 0 Å². The van der Waals surface area contributed by atoms with Crippen LogP contribution < -0.4 is 15.1 Å². The van der Waals surface area contributed by atoms with Crippen molar-refractivity contribution in [3.8, 4) is 0 Å². The van der Waals surface area contributed by atoms with Crippen LogP contribution in [0.3, 0.4) is 0 Å². The lowest BCUT2D eigenvalue weighted by molar-refractivity contribution is -0.124. The summed E-state index contributed by atoms with van der Waals surface area (Å²) in [6.07, 6.45) is 2.19. The van der Waals surface area contributed by atoms with Crippen LogP contribution in [-0.2, 0) is 10.2 Å². The predicted octanol–water partition coefficient (Wildman–Crippen LogP) is 5.44. The Morgan fingerprint density at radius 1 is 1.10 bits per heavy atom. The topological polar surface area (TPSA) is 78.4 Å². The molecule has 214 valence electrons. The number of alkyl halides is 2. The van der Waals surface area contributed by atoms with Crippen molar-refractivity contribution in [3.05, 3.63) is 82.3 Å². The van der Waals surface area contributed by atoms with E-state index >= 15 is 0 Å². The molecule has 2 aromatic heterocycles. The zero-order valence-corrected chi connectivity index (χ0v) is 22.6. The zero-order chi connectivity index (χ0) is 28.9. The van der Waals surface area contributed by atoms with Crippen LogP contribution in [0.2, 0.25) is 5.02 Å². The lowest BCUT2D eigenvalue weighted by atomic mass is 9.74. The van der Waals surface area contributed by atoms with Gasteiger partial charge in [-0.3, -0.25) is 14.6 Å². The van der Waals surface area contributed by atoms with Gasteiger partial charge in [0.25, 0.3) is 12.3 Å². The number of carbonyl (C=O) groups excluding carboxylic acids is 2. The molecule has 1 aliphatic carbocycles. The van der Waals surface area contributed by atoms with E-state index in [1.165, 1.54) is 36.5 Å². The van der Waals surface area contributed by atoms with Gasteiger partial charge in [-0.1, -0.05) is 17.7 Å². The second-order valence-corrected chi connectivity index (χ2v) is 11.3. The van der Waals surface area contributed by atoms with Crippen molar-refractivity contribution in [2.45, 2.75) is 43.6 Å².